The third-order valence-corrected chi connectivity index (χ3v) is 4.45. The van der Waals surface area contributed by atoms with Crippen molar-refractivity contribution in [2.75, 3.05) is 11.9 Å². The van der Waals surface area contributed by atoms with Crippen molar-refractivity contribution in [1.29, 1.82) is 0 Å². The van der Waals surface area contributed by atoms with Crippen molar-refractivity contribution in [3.63, 3.8) is 0 Å². The quantitative estimate of drug-likeness (QED) is 0.651. The van der Waals surface area contributed by atoms with Gasteiger partial charge >= 0.3 is 0 Å². The Morgan fingerprint density at radius 3 is 2.57 bits per heavy atom. The van der Waals surface area contributed by atoms with E-state index in [9.17, 15) is 4.79 Å². The van der Waals surface area contributed by atoms with E-state index in [1.807, 2.05) is 43.3 Å². The second-order valence-corrected chi connectivity index (χ2v) is 7.38. The van der Waals surface area contributed by atoms with Gasteiger partial charge < -0.3 is 10.1 Å². The predicted octanol–water partition coefficient (Wildman–Crippen LogP) is 5.66. The zero-order chi connectivity index (χ0) is 17.0. The zero-order valence-corrected chi connectivity index (χ0v) is 16.5. The molecule has 0 bridgehead atoms. The number of hydrogen-bond acceptors (Lipinski definition) is 2. The van der Waals surface area contributed by atoms with Crippen LogP contribution in [-0.2, 0) is 4.79 Å². The monoisotopic (exact) mass is 439 g/mol. The molecule has 1 N–H and O–H groups in total. The average molecular weight is 441 g/mol. The number of benzene rings is 2. The maximum absolute atomic E-state index is 12.2. The third kappa shape index (κ3) is 4.82. The van der Waals surface area contributed by atoms with Gasteiger partial charge in [-0.05, 0) is 58.1 Å². The molecule has 2 aromatic rings. The Kier molecular flexibility index (Phi) is 6.25. The summed E-state index contributed by atoms with van der Waals surface area (Å²) < 4.78 is 7.46. The topological polar surface area (TPSA) is 38.3 Å². The van der Waals surface area contributed by atoms with E-state index in [1.54, 1.807) is 0 Å². The fourth-order valence-corrected chi connectivity index (χ4v) is 3.86. The minimum absolute atomic E-state index is 0.0342. The first-order chi connectivity index (χ1) is 10.9. The van der Waals surface area contributed by atoms with Gasteiger partial charge in [-0.25, -0.2) is 0 Å². The number of halogens is 2. The van der Waals surface area contributed by atoms with Crippen LogP contribution in [0.4, 0.5) is 5.69 Å². The number of carbonyl (C=O) groups is 1. The molecular weight excluding hydrogens is 422 g/mol. The first-order valence-electron chi connectivity index (χ1n) is 7.35. The minimum atomic E-state index is -0.174. The summed E-state index contributed by atoms with van der Waals surface area (Å²) in [6, 6.07) is 11.7. The molecule has 23 heavy (non-hydrogen) atoms. The van der Waals surface area contributed by atoms with E-state index in [1.165, 1.54) is 0 Å². The zero-order valence-electron chi connectivity index (χ0n) is 13.3. The number of amides is 1. The van der Waals surface area contributed by atoms with Crippen molar-refractivity contribution in [2.45, 2.75) is 26.7 Å². The van der Waals surface area contributed by atoms with Crippen LogP contribution in [0, 0.1) is 6.92 Å². The number of anilines is 1. The molecule has 5 heteroatoms. The summed E-state index contributed by atoms with van der Waals surface area (Å²) in [4.78, 5) is 12.2. The average Bonchev–Trinajstić information content (AvgIpc) is 2.46. The van der Waals surface area contributed by atoms with Crippen LogP contribution in [0.2, 0.25) is 0 Å². The van der Waals surface area contributed by atoms with Crippen molar-refractivity contribution in [3.05, 3.63) is 56.5 Å². The van der Waals surface area contributed by atoms with Crippen molar-refractivity contribution in [2.24, 2.45) is 0 Å². The van der Waals surface area contributed by atoms with Crippen LogP contribution in [0.15, 0.2) is 45.3 Å². The number of aryl methyl sites for hydroxylation is 1. The van der Waals surface area contributed by atoms with Gasteiger partial charge in [0.25, 0.3) is 5.91 Å². The summed E-state index contributed by atoms with van der Waals surface area (Å²) in [5, 5.41) is 2.92. The number of ether oxygens (including phenoxy) is 1. The van der Waals surface area contributed by atoms with Crippen molar-refractivity contribution >= 4 is 43.5 Å². The summed E-state index contributed by atoms with van der Waals surface area (Å²) in [5.74, 6) is 0.850. The first kappa shape index (κ1) is 18.0. The molecule has 0 unspecified atom stereocenters. The Morgan fingerprint density at radius 1 is 1.22 bits per heavy atom. The normalized spacial score (nSPS) is 10.7. The minimum Gasteiger partial charge on any atom is -0.482 e. The van der Waals surface area contributed by atoms with E-state index in [0.29, 0.717) is 11.7 Å². The number of nitrogens with one attached hydrogen (secondary N) is 1. The molecule has 0 atom stereocenters. The molecule has 3 nitrogen and oxygen atoms in total. The SMILES string of the molecule is Cc1cc(Br)cc(Br)c1OCC(=O)Nc1ccccc1C(C)C. The fourth-order valence-electron chi connectivity index (χ4n) is 2.31. The van der Waals surface area contributed by atoms with Gasteiger partial charge in [0, 0.05) is 10.2 Å². The summed E-state index contributed by atoms with van der Waals surface area (Å²) in [7, 11) is 0. The van der Waals surface area contributed by atoms with Gasteiger partial charge in [0.2, 0.25) is 0 Å². The van der Waals surface area contributed by atoms with Crippen LogP contribution in [0.3, 0.4) is 0 Å². The van der Waals surface area contributed by atoms with Crippen LogP contribution < -0.4 is 10.1 Å². The Bertz CT molecular complexity index is 691. The van der Waals surface area contributed by atoms with Crippen molar-refractivity contribution < 1.29 is 9.53 Å². The lowest BCUT2D eigenvalue weighted by molar-refractivity contribution is -0.118. The number of para-hydroxylation sites is 1. The summed E-state index contributed by atoms with van der Waals surface area (Å²) >= 11 is 6.89. The number of hydrogen-bond donors (Lipinski definition) is 1. The van der Waals surface area contributed by atoms with Gasteiger partial charge in [0.15, 0.2) is 6.61 Å². The Hall–Kier alpha value is -1.33. The second kappa shape index (κ2) is 7.97. The molecule has 0 spiro atoms. The highest BCUT2D eigenvalue weighted by atomic mass is 79.9. The third-order valence-electron chi connectivity index (χ3n) is 3.40. The van der Waals surface area contributed by atoms with Crippen LogP contribution in [0.1, 0.15) is 30.9 Å². The molecule has 0 aliphatic carbocycles. The van der Waals surface area contributed by atoms with Gasteiger partial charge in [0.1, 0.15) is 5.75 Å². The van der Waals surface area contributed by atoms with Gasteiger partial charge in [-0.15, -0.1) is 0 Å². The van der Waals surface area contributed by atoms with Crippen LogP contribution in [0.25, 0.3) is 0 Å². The molecular formula is C18H19Br2NO2. The molecule has 1 amide bonds. The Balaban J connectivity index is 2.04. The molecule has 2 rings (SSSR count). The van der Waals surface area contributed by atoms with Crippen molar-refractivity contribution in [1.82, 2.24) is 0 Å². The van der Waals surface area contributed by atoms with Crippen molar-refractivity contribution in [3.8, 4) is 5.75 Å². The maximum Gasteiger partial charge on any atom is 0.262 e. The van der Waals surface area contributed by atoms with E-state index in [2.05, 4.69) is 51.0 Å². The maximum atomic E-state index is 12.2. The standard InChI is InChI=1S/C18H19Br2NO2/c1-11(2)14-6-4-5-7-16(14)21-17(22)10-23-18-12(3)8-13(19)9-15(18)20/h4-9,11H,10H2,1-3H3,(H,21,22). The molecule has 0 aliphatic rings. The molecule has 122 valence electrons. The number of carbonyl (C=O) groups excluding carboxylic acids is 1. The lowest BCUT2D eigenvalue weighted by atomic mass is 10.0. The molecule has 0 radical (unpaired) electrons. The fraction of sp³-hybridized carbons (Fsp3) is 0.278. The largest absolute Gasteiger partial charge is 0.482 e. The lowest BCUT2D eigenvalue weighted by Gasteiger charge is -2.15. The Morgan fingerprint density at radius 2 is 1.91 bits per heavy atom. The summed E-state index contributed by atoms with van der Waals surface area (Å²) in [6.07, 6.45) is 0. The Labute approximate surface area is 153 Å². The number of rotatable bonds is 5. The summed E-state index contributed by atoms with van der Waals surface area (Å²) in [5.41, 5.74) is 2.91. The van der Waals surface area contributed by atoms with Crippen LogP contribution >= 0.6 is 31.9 Å². The van der Waals surface area contributed by atoms with Gasteiger partial charge in [-0.1, -0.05) is 48.0 Å². The van der Waals surface area contributed by atoms with Gasteiger partial charge in [0.05, 0.1) is 4.47 Å². The molecule has 0 fully saturated rings. The van der Waals surface area contributed by atoms with E-state index in [0.717, 1.165) is 25.8 Å². The molecule has 0 saturated carbocycles. The van der Waals surface area contributed by atoms with Crippen LogP contribution in [0.5, 0.6) is 5.75 Å². The molecule has 2 aromatic carbocycles. The van der Waals surface area contributed by atoms with E-state index >= 15 is 0 Å². The highest BCUT2D eigenvalue weighted by Crippen LogP contribution is 2.32. The predicted molar refractivity (Wildman–Crippen MR) is 101 cm³/mol. The van der Waals surface area contributed by atoms with E-state index < -0.39 is 0 Å². The molecule has 0 aromatic heterocycles. The highest BCUT2D eigenvalue weighted by molar-refractivity contribution is 9.11. The van der Waals surface area contributed by atoms with E-state index in [4.69, 9.17) is 4.74 Å². The molecule has 0 saturated heterocycles. The smallest absolute Gasteiger partial charge is 0.262 e. The van der Waals surface area contributed by atoms with Gasteiger partial charge in [-0.3, -0.25) is 4.79 Å². The summed E-state index contributed by atoms with van der Waals surface area (Å²) in [6.45, 7) is 6.11. The van der Waals surface area contributed by atoms with Gasteiger partial charge in [-0.2, -0.15) is 0 Å². The molecule has 0 aliphatic heterocycles. The highest BCUT2D eigenvalue weighted by Gasteiger charge is 2.12. The van der Waals surface area contributed by atoms with Crippen LogP contribution in [-0.4, -0.2) is 12.5 Å². The second-order valence-electron chi connectivity index (χ2n) is 5.61. The first-order valence-corrected chi connectivity index (χ1v) is 8.94. The van der Waals surface area contributed by atoms with E-state index in [-0.39, 0.29) is 12.5 Å². The molecule has 0 heterocycles. The lowest BCUT2D eigenvalue weighted by Crippen LogP contribution is -2.21.